The number of aromatic amines is 1. The van der Waals surface area contributed by atoms with Crippen LogP contribution >= 0.6 is 0 Å². The standard InChI is InChI=1S/C16H21N7O2/c1-25-15(24)12-9-13(19-14-8-11(21-22-14)10-2-3-10)20-16(18-12)23-6-4-17-5-7-23/h8-10,17H,2-7H2,1H3,(H2,18,19,20,21,22). The Morgan fingerprint density at radius 1 is 1.24 bits per heavy atom. The molecule has 132 valence electrons. The SMILES string of the molecule is COC(=O)c1cc(Nc2cc(C3CC3)[nH]n2)nc(N2CCNCC2)n1. The number of nitrogens with zero attached hydrogens (tertiary/aromatic N) is 4. The lowest BCUT2D eigenvalue weighted by atomic mass is 10.3. The van der Waals surface area contributed by atoms with Crippen LogP contribution in [0.3, 0.4) is 0 Å². The number of nitrogens with one attached hydrogen (secondary N) is 3. The Morgan fingerprint density at radius 3 is 2.76 bits per heavy atom. The van der Waals surface area contributed by atoms with Crippen molar-refractivity contribution in [3.8, 4) is 0 Å². The monoisotopic (exact) mass is 343 g/mol. The van der Waals surface area contributed by atoms with Crippen molar-refractivity contribution in [3.05, 3.63) is 23.5 Å². The molecule has 1 aliphatic heterocycles. The van der Waals surface area contributed by atoms with Gasteiger partial charge >= 0.3 is 5.97 Å². The normalized spacial score (nSPS) is 17.4. The molecule has 2 fully saturated rings. The van der Waals surface area contributed by atoms with Crippen molar-refractivity contribution >= 4 is 23.6 Å². The number of ether oxygens (including phenoxy) is 1. The summed E-state index contributed by atoms with van der Waals surface area (Å²) in [6.45, 7) is 3.30. The van der Waals surface area contributed by atoms with Crippen molar-refractivity contribution in [1.29, 1.82) is 0 Å². The van der Waals surface area contributed by atoms with E-state index in [4.69, 9.17) is 4.74 Å². The average Bonchev–Trinajstić information content (AvgIpc) is 3.41. The molecule has 2 aromatic heterocycles. The van der Waals surface area contributed by atoms with E-state index in [-0.39, 0.29) is 5.69 Å². The Kier molecular flexibility index (Phi) is 4.22. The van der Waals surface area contributed by atoms with Gasteiger partial charge < -0.3 is 20.3 Å². The highest BCUT2D eigenvalue weighted by Crippen LogP contribution is 2.39. The van der Waals surface area contributed by atoms with Gasteiger partial charge in [0.2, 0.25) is 5.95 Å². The molecule has 9 nitrogen and oxygen atoms in total. The molecule has 0 spiro atoms. The third-order valence-electron chi connectivity index (χ3n) is 4.38. The van der Waals surface area contributed by atoms with E-state index in [1.165, 1.54) is 20.0 Å². The summed E-state index contributed by atoms with van der Waals surface area (Å²) < 4.78 is 4.82. The highest BCUT2D eigenvalue weighted by molar-refractivity contribution is 5.88. The van der Waals surface area contributed by atoms with Crippen LogP contribution in [0, 0.1) is 0 Å². The first kappa shape index (κ1) is 15.8. The van der Waals surface area contributed by atoms with Crippen molar-refractivity contribution in [3.63, 3.8) is 0 Å². The minimum atomic E-state index is -0.484. The summed E-state index contributed by atoms with van der Waals surface area (Å²) in [4.78, 5) is 22.9. The summed E-state index contributed by atoms with van der Waals surface area (Å²) in [5, 5.41) is 13.8. The lowest BCUT2D eigenvalue weighted by molar-refractivity contribution is 0.0594. The fourth-order valence-corrected chi connectivity index (χ4v) is 2.85. The zero-order valence-electron chi connectivity index (χ0n) is 14.1. The number of methoxy groups -OCH3 is 1. The summed E-state index contributed by atoms with van der Waals surface area (Å²) in [5.41, 5.74) is 1.36. The molecule has 0 unspecified atom stereocenters. The quantitative estimate of drug-likeness (QED) is 0.691. The highest BCUT2D eigenvalue weighted by Gasteiger charge is 2.25. The first-order valence-corrected chi connectivity index (χ1v) is 8.48. The number of esters is 1. The third kappa shape index (κ3) is 3.55. The molecule has 25 heavy (non-hydrogen) atoms. The Labute approximate surface area is 145 Å². The second kappa shape index (κ2) is 6.67. The number of hydrogen-bond donors (Lipinski definition) is 3. The van der Waals surface area contributed by atoms with Gasteiger partial charge in [-0.1, -0.05) is 0 Å². The molecule has 1 saturated heterocycles. The molecule has 2 aliphatic rings. The summed E-state index contributed by atoms with van der Waals surface area (Å²) in [5.74, 6) is 1.84. The maximum Gasteiger partial charge on any atom is 0.356 e. The first-order valence-electron chi connectivity index (χ1n) is 8.48. The Bertz CT molecular complexity index is 766. The van der Waals surface area contributed by atoms with Gasteiger partial charge in [0, 0.05) is 49.9 Å². The maximum atomic E-state index is 12.0. The average molecular weight is 343 g/mol. The van der Waals surface area contributed by atoms with Crippen LogP contribution in [-0.2, 0) is 4.74 Å². The van der Waals surface area contributed by atoms with E-state index in [9.17, 15) is 4.79 Å². The zero-order valence-corrected chi connectivity index (χ0v) is 14.1. The molecule has 0 radical (unpaired) electrons. The molecular weight excluding hydrogens is 322 g/mol. The molecule has 0 atom stereocenters. The number of rotatable bonds is 5. The van der Waals surface area contributed by atoms with E-state index >= 15 is 0 Å². The van der Waals surface area contributed by atoms with Gasteiger partial charge in [0.25, 0.3) is 0 Å². The van der Waals surface area contributed by atoms with Crippen LogP contribution in [0.25, 0.3) is 0 Å². The molecule has 3 N–H and O–H groups in total. The summed E-state index contributed by atoms with van der Waals surface area (Å²) in [6.07, 6.45) is 2.41. The molecule has 4 rings (SSSR count). The topological polar surface area (TPSA) is 108 Å². The number of piperazine rings is 1. The second-order valence-electron chi connectivity index (χ2n) is 6.27. The van der Waals surface area contributed by atoms with Crippen molar-refractivity contribution < 1.29 is 9.53 Å². The Balaban J connectivity index is 1.60. The predicted molar refractivity (Wildman–Crippen MR) is 92.3 cm³/mol. The van der Waals surface area contributed by atoms with Crippen molar-refractivity contribution in [2.45, 2.75) is 18.8 Å². The Morgan fingerprint density at radius 2 is 2.04 bits per heavy atom. The third-order valence-corrected chi connectivity index (χ3v) is 4.38. The van der Waals surface area contributed by atoms with Crippen molar-refractivity contribution in [2.24, 2.45) is 0 Å². The van der Waals surface area contributed by atoms with E-state index in [0.717, 1.165) is 31.9 Å². The summed E-state index contributed by atoms with van der Waals surface area (Å²) >= 11 is 0. The van der Waals surface area contributed by atoms with Crippen LogP contribution in [0.2, 0.25) is 0 Å². The molecule has 9 heteroatoms. The number of aromatic nitrogens is 4. The summed E-state index contributed by atoms with van der Waals surface area (Å²) in [6, 6.07) is 3.57. The van der Waals surface area contributed by atoms with Gasteiger partial charge in [-0.05, 0) is 12.8 Å². The van der Waals surface area contributed by atoms with Gasteiger partial charge in [-0.3, -0.25) is 5.10 Å². The number of hydrogen-bond acceptors (Lipinski definition) is 8. The Hall–Kier alpha value is -2.68. The minimum absolute atomic E-state index is 0.228. The maximum absolute atomic E-state index is 12.0. The minimum Gasteiger partial charge on any atom is -0.464 e. The number of anilines is 3. The van der Waals surface area contributed by atoms with E-state index in [1.54, 1.807) is 6.07 Å². The number of carbonyl (C=O) groups is 1. The van der Waals surface area contributed by atoms with Crippen molar-refractivity contribution in [1.82, 2.24) is 25.5 Å². The second-order valence-corrected chi connectivity index (χ2v) is 6.27. The molecule has 0 aromatic carbocycles. The highest BCUT2D eigenvalue weighted by atomic mass is 16.5. The fourth-order valence-electron chi connectivity index (χ4n) is 2.85. The molecule has 1 aliphatic carbocycles. The molecule has 1 saturated carbocycles. The van der Waals surface area contributed by atoms with E-state index in [0.29, 0.717) is 23.5 Å². The van der Waals surface area contributed by atoms with Crippen LogP contribution in [-0.4, -0.2) is 59.4 Å². The van der Waals surface area contributed by atoms with Gasteiger partial charge in [-0.2, -0.15) is 10.1 Å². The largest absolute Gasteiger partial charge is 0.464 e. The van der Waals surface area contributed by atoms with Crippen LogP contribution in [0.4, 0.5) is 17.6 Å². The number of H-pyrrole nitrogens is 1. The molecule has 0 bridgehead atoms. The zero-order chi connectivity index (χ0) is 17.2. The smallest absolute Gasteiger partial charge is 0.356 e. The van der Waals surface area contributed by atoms with Gasteiger partial charge in [0.1, 0.15) is 5.82 Å². The fraction of sp³-hybridized carbons (Fsp3) is 0.500. The molecule has 2 aromatic rings. The lowest BCUT2D eigenvalue weighted by Gasteiger charge is -2.27. The van der Waals surface area contributed by atoms with Crippen LogP contribution < -0.4 is 15.5 Å². The van der Waals surface area contributed by atoms with Gasteiger partial charge in [-0.15, -0.1) is 0 Å². The molecular formula is C16H21N7O2. The van der Waals surface area contributed by atoms with Gasteiger partial charge in [-0.25, -0.2) is 9.78 Å². The van der Waals surface area contributed by atoms with Crippen LogP contribution in [0.5, 0.6) is 0 Å². The van der Waals surface area contributed by atoms with E-state index in [2.05, 4.69) is 30.8 Å². The van der Waals surface area contributed by atoms with Crippen molar-refractivity contribution in [2.75, 3.05) is 43.5 Å². The van der Waals surface area contributed by atoms with Gasteiger partial charge in [0.05, 0.1) is 7.11 Å². The van der Waals surface area contributed by atoms with Crippen LogP contribution in [0.15, 0.2) is 12.1 Å². The molecule has 3 heterocycles. The van der Waals surface area contributed by atoms with E-state index < -0.39 is 5.97 Å². The lowest BCUT2D eigenvalue weighted by Crippen LogP contribution is -2.44. The van der Waals surface area contributed by atoms with E-state index in [1.807, 2.05) is 11.0 Å². The number of carbonyl (C=O) groups excluding carboxylic acids is 1. The van der Waals surface area contributed by atoms with Crippen LogP contribution in [0.1, 0.15) is 34.9 Å². The van der Waals surface area contributed by atoms with Gasteiger partial charge in [0.15, 0.2) is 11.5 Å². The summed E-state index contributed by atoms with van der Waals surface area (Å²) in [7, 11) is 1.34. The predicted octanol–water partition coefficient (Wildman–Crippen LogP) is 1.02. The first-order chi connectivity index (χ1) is 12.2. The molecule has 0 amide bonds.